The zero-order valence-corrected chi connectivity index (χ0v) is 10.2. The second-order valence-corrected chi connectivity index (χ2v) is 3.65. The lowest BCUT2D eigenvalue weighted by molar-refractivity contribution is 0.570. The molecule has 0 fully saturated rings. The van der Waals surface area contributed by atoms with E-state index >= 15 is 0 Å². The highest BCUT2D eigenvalue weighted by atomic mass is 32.1. The van der Waals surface area contributed by atoms with E-state index in [9.17, 15) is 0 Å². The molecule has 6 heteroatoms. The minimum Gasteiger partial charge on any atom is -0.370 e. The topological polar surface area (TPSA) is 78.0 Å². The standard InChI is InChI=1S/C11H15N5S/c1-2-6-15-11(17)16(10(12)13)8-9-5-3-4-7-14-9/h2-5,7H,1,6,8H2,(H3,12,13)(H,15,17). The Hall–Kier alpha value is -1.95. The first-order valence-corrected chi connectivity index (χ1v) is 5.46. The second kappa shape index (κ2) is 6.59. The molecule has 0 radical (unpaired) electrons. The molecule has 1 rings (SSSR count). The molecule has 0 aliphatic carbocycles. The molecule has 0 unspecified atom stereocenters. The highest BCUT2D eigenvalue weighted by Gasteiger charge is 2.12. The SMILES string of the molecule is C=CCNC(=S)N(Cc1ccccn1)C(=N)N. The van der Waals surface area contributed by atoms with Crippen molar-refractivity contribution in [1.82, 2.24) is 15.2 Å². The second-order valence-electron chi connectivity index (χ2n) is 3.27. The van der Waals surface area contributed by atoms with Crippen molar-refractivity contribution < 1.29 is 0 Å². The fraction of sp³-hybridized carbons (Fsp3) is 0.182. The van der Waals surface area contributed by atoms with Gasteiger partial charge >= 0.3 is 0 Å². The quantitative estimate of drug-likeness (QED) is 0.319. The number of nitrogens with two attached hydrogens (primary N) is 1. The molecule has 5 nitrogen and oxygen atoms in total. The van der Waals surface area contributed by atoms with Crippen LogP contribution in [-0.2, 0) is 6.54 Å². The molecule has 17 heavy (non-hydrogen) atoms. The van der Waals surface area contributed by atoms with Gasteiger partial charge in [0.05, 0.1) is 12.2 Å². The lowest BCUT2D eigenvalue weighted by Crippen LogP contribution is -2.46. The van der Waals surface area contributed by atoms with Gasteiger partial charge in [-0.15, -0.1) is 6.58 Å². The lowest BCUT2D eigenvalue weighted by Gasteiger charge is -2.23. The van der Waals surface area contributed by atoms with Crippen LogP contribution in [0.25, 0.3) is 0 Å². The Morgan fingerprint density at radius 2 is 2.41 bits per heavy atom. The summed E-state index contributed by atoms with van der Waals surface area (Å²) in [6.45, 7) is 4.49. The molecule has 1 heterocycles. The molecule has 0 aromatic carbocycles. The van der Waals surface area contributed by atoms with Crippen LogP contribution in [-0.4, -0.2) is 27.5 Å². The van der Waals surface area contributed by atoms with Gasteiger partial charge in [0, 0.05) is 12.7 Å². The number of aromatic nitrogens is 1. The molecule has 0 atom stereocenters. The Morgan fingerprint density at radius 3 is 2.94 bits per heavy atom. The van der Waals surface area contributed by atoms with Crippen molar-refractivity contribution >= 4 is 23.3 Å². The maximum absolute atomic E-state index is 7.49. The van der Waals surface area contributed by atoms with Crippen molar-refractivity contribution in [1.29, 1.82) is 5.41 Å². The number of thiocarbonyl (C=S) groups is 1. The van der Waals surface area contributed by atoms with Gasteiger partial charge in [0.2, 0.25) is 0 Å². The number of hydrogen-bond donors (Lipinski definition) is 3. The molecular formula is C11H15N5S. The predicted molar refractivity (Wildman–Crippen MR) is 72.5 cm³/mol. The van der Waals surface area contributed by atoms with Gasteiger partial charge in [-0.3, -0.25) is 15.3 Å². The van der Waals surface area contributed by atoms with Crippen LogP contribution in [0, 0.1) is 5.41 Å². The monoisotopic (exact) mass is 249 g/mol. The van der Waals surface area contributed by atoms with Gasteiger partial charge in [0.1, 0.15) is 0 Å². The number of rotatable bonds is 4. The molecule has 1 aromatic rings. The molecule has 0 spiro atoms. The number of guanidine groups is 1. The first-order valence-electron chi connectivity index (χ1n) is 5.05. The molecule has 90 valence electrons. The van der Waals surface area contributed by atoms with Crippen molar-refractivity contribution in [3.05, 3.63) is 42.7 Å². The molecule has 0 saturated carbocycles. The third kappa shape index (κ3) is 4.20. The van der Waals surface area contributed by atoms with Crippen molar-refractivity contribution in [2.75, 3.05) is 6.54 Å². The van der Waals surface area contributed by atoms with E-state index in [1.165, 1.54) is 4.90 Å². The van der Waals surface area contributed by atoms with Gasteiger partial charge < -0.3 is 11.1 Å². The zero-order chi connectivity index (χ0) is 12.7. The summed E-state index contributed by atoms with van der Waals surface area (Å²) < 4.78 is 0. The van der Waals surface area contributed by atoms with Gasteiger partial charge in [0.15, 0.2) is 11.1 Å². The predicted octanol–water partition coefficient (Wildman–Crippen LogP) is 0.838. The first kappa shape index (κ1) is 13.1. The largest absolute Gasteiger partial charge is 0.370 e. The van der Waals surface area contributed by atoms with E-state index in [1.807, 2.05) is 18.2 Å². The Kier molecular flexibility index (Phi) is 5.09. The van der Waals surface area contributed by atoms with E-state index in [2.05, 4.69) is 16.9 Å². The van der Waals surface area contributed by atoms with Gasteiger partial charge in [-0.25, -0.2) is 0 Å². The molecule has 0 aliphatic rings. The van der Waals surface area contributed by atoms with Crippen LogP contribution in [0.1, 0.15) is 5.69 Å². The van der Waals surface area contributed by atoms with Crippen LogP contribution < -0.4 is 11.1 Å². The molecule has 0 bridgehead atoms. The minimum absolute atomic E-state index is 0.114. The summed E-state index contributed by atoms with van der Waals surface area (Å²) in [6.07, 6.45) is 3.37. The average molecular weight is 249 g/mol. The average Bonchev–Trinajstić information content (AvgIpc) is 2.34. The smallest absolute Gasteiger partial charge is 0.195 e. The molecule has 1 aromatic heterocycles. The summed E-state index contributed by atoms with van der Waals surface area (Å²) in [4.78, 5) is 5.64. The normalized spacial score (nSPS) is 9.41. The van der Waals surface area contributed by atoms with Crippen LogP contribution in [0.5, 0.6) is 0 Å². The van der Waals surface area contributed by atoms with Gasteiger partial charge in [0.25, 0.3) is 0 Å². The molecule has 4 N–H and O–H groups in total. The fourth-order valence-corrected chi connectivity index (χ4v) is 1.42. The third-order valence-electron chi connectivity index (χ3n) is 1.98. The van der Waals surface area contributed by atoms with Crippen molar-refractivity contribution in [3.63, 3.8) is 0 Å². The number of pyridine rings is 1. The number of hydrogen-bond acceptors (Lipinski definition) is 3. The summed E-state index contributed by atoms with van der Waals surface area (Å²) in [5, 5.41) is 10.8. The first-order chi connectivity index (χ1) is 8.15. The Balaban J connectivity index is 2.70. The van der Waals surface area contributed by atoms with E-state index in [0.29, 0.717) is 18.2 Å². The van der Waals surface area contributed by atoms with Crippen molar-refractivity contribution in [2.45, 2.75) is 6.54 Å². The van der Waals surface area contributed by atoms with Crippen molar-refractivity contribution in [3.8, 4) is 0 Å². The Labute approximate surface area is 106 Å². The maximum Gasteiger partial charge on any atom is 0.195 e. The van der Waals surface area contributed by atoms with Crippen LogP contribution in [0.3, 0.4) is 0 Å². The van der Waals surface area contributed by atoms with Crippen LogP contribution >= 0.6 is 12.2 Å². The molecular weight excluding hydrogens is 234 g/mol. The molecule has 0 saturated heterocycles. The Morgan fingerprint density at radius 1 is 1.65 bits per heavy atom. The lowest BCUT2D eigenvalue weighted by atomic mass is 10.3. The van der Waals surface area contributed by atoms with Gasteiger partial charge in [-0.1, -0.05) is 12.1 Å². The molecule has 0 amide bonds. The van der Waals surface area contributed by atoms with E-state index in [4.69, 9.17) is 23.4 Å². The zero-order valence-electron chi connectivity index (χ0n) is 9.39. The third-order valence-corrected chi connectivity index (χ3v) is 2.34. The summed E-state index contributed by atoms with van der Waals surface area (Å²) in [6, 6.07) is 5.56. The van der Waals surface area contributed by atoms with E-state index in [0.717, 1.165) is 5.69 Å². The summed E-state index contributed by atoms with van der Waals surface area (Å²) in [7, 11) is 0. The summed E-state index contributed by atoms with van der Waals surface area (Å²) in [5.41, 5.74) is 6.28. The highest BCUT2D eigenvalue weighted by molar-refractivity contribution is 7.80. The summed E-state index contributed by atoms with van der Waals surface area (Å²) >= 11 is 5.13. The van der Waals surface area contributed by atoms with Crippen LogP contribution in [0.2, 0.25) is 0 Å². The Bertz CT molecular complexity index is 404. The minimum atomic E-state index is -0.114. The van der Waals surface area contributed by atoms with Crippen LogP contribution in [0.4, 0.5) is 0 Å². The highest BCUT2D eigenvalue weighted by Crippen LogP contribution is 2.01. The number of nitrogens with one attached hydrogen (secondary N) is 2. The van der Waals surface area contributed by atoms with E-state index in [1.54, 1.807) is 12.3 Å². The maximum atomic E-state index is 7.49. The summed E-state index contributed by atoms with van der Waals surface area (Å²) in [5.74, 6) is -0.114. The number of nitrogens with zero attached hydrogens (tertiary/aromatic N) is 2. The molecule has 0 aliphatic heterocycles. The van der Waals surface area contributed by atoms with Crippen LogP contribution in [0.15, 0.2) is 37.1 Å². The van der Waals surface area contributed by atoms with E-state index < -0.39 is 0 Å². The van der Waals surface area contributed by atoms with E-state index in [-0.39, 0.29) is 5.96 Å². The van der Waals surface area contributed by atoms with Crippen molar-refractivity contribution in [2.24, 2.45) is 5.73 Å². The van der Waals surface area contributed by atoms with Gasteiger partial charge in [-0.05, 0) is 24.4 Å². The fourth-order valence-electron chi connectivity index (χ4n) is 1.17. The van der Waals surface area contributed by atoms with Gasteiger partial charge in [-0.2, -0.15) is 0 Å².